The summed E-state index contributed by atoms with van der Waals surface area (Å²) in [5.74, 6) is 2.61. The number of aliphatic imine (C=N–C) groups is 1. The van der Waals surface area contributed by atoms with E-state index in [-0.39, 0.29) is 6.54 Å². The quantitative estimate of drug-likeness (QED) is 0.462. The van der Waals surface area contributed by atoms with Crippen molar-refractivity contribution in [3.63, 3.8) is 0 Å². The number of nitrogens with one attached hydrogen (secondary N) is 1. The molecule has 3 N–H and O–H groups in total. The Morgan fingerprint density at radius 2 is 2.20 bits per heavy atom. The predicted octanol–water partition coefficient (Wildman–Crippen LogP) is 0.390. The Balaban J connectivity index is 1.78. The van der Waals surface area contributed by atoms with Crippen LogP contribution in [0, 0.1) is 0 Å². The van der Waals surface area contributed by atoms with Crippen LogP contribution in [-0.2, 0) is 10.0 Å². The van der Waals surface area contributed by atoms with Gasteiger partial charge in [-0.1, -0.05) is 6.07 Å². The fraction of sp³-hybridized carbons (Fsp3) is 0.545. The Hall–Kier alpha value is -0.770. The van der Waals surface area contributed by atoms with E-state index in [1.807, 2.05) is 16.7 Å². The summed E-state index contributed by atoms with van der Waals surface area (Å²) in [6.45, 7) is 2.41. The predicted molar refractivity (Wildman–Crippen MR) is 84.9 cm³/mol. The third kappa shape index (κ3) is 4.37. The molecule has 1 aliphatic rings. The minimum atomic E-state index is -3.40. The van der Waals surface area contributed by atoms with E-state index >= 15 is 0 Å². The maximum absolute atomic E-state index is 11.8. The zero-order valence-corrected chi connectivity index (χ0v) is 13.4. The zero-order chi connectivity index (χ0) is 14.4. The van der Waals surface area contributed by atoms with Crippen molar-refractivity contribution in [1.82, 2.24) is 9.62 Å². The molecule has 0 spiro atoms. The average molecular weight is 334 g/mol. The molecule has 2 rings (SSSR count). The van der Waals surface area contributed by atoms with Crippen LogP contribution >= 0.6 is 23.1 Å². The summed E-state index contributed by atoms with van der Waals surface area (Å²) in [6, 6.07) is 3.29. The molecule has 1 aromatic rings. The molecule has 0 aromatic carbocycles. The molecule has 1 fully saturated rings. The van der Waals surface area contributed by atoms with E-state index in [0.29, 0.717) is 16.7 Å². The Bertz CT molecular complexity index is 536. The molecule has 6 nitrogen and oxygen atoms in total. The molecule has 20 heavy (non-hydrogen) atoms. The standard InChI is InChI=1S/C11H18N4O2S3/c12-11(15-5-8-18-9-6-15)13-3-4-14-20(16,17)10-2-1-7-19-10/h1-2,7,14H,3-6,8-9H2,(H2,12,13). The topological polar surface area (TPSA) is 87.8 Å². The number of rotatable bonds is 5. The van der Waals surface area contributed by atoms with E-state index in [0.717, 1.165) is 24.6 Å². The molecule has 0 radical (unpaired) electrons. The van der Waals surface area contributed by atoms with Crippen molar-refractivity contribution in [3.8, 4) is 0 Å². The summed E-state index contributed by atoms with van der Waals surface area (Å²) in [5, 5.41) is 1.74. The first-order chi connectivity index (χ1) is 9.59. The lowest BCUT2D eigenvalue weighted by Crippen LogP contribution is -2.43. The van der Waals surface area contributed by atoms with Gasteiger partial charge < -0.3 is 10.6 Å². The second-order valence-electron chi connectivity index (χ2n) is 4.17. The van der Waals surface area contributed by atoms with Crippen LogP contribution < -0.4 is 10.5 Å². The van der Waals surface area contributed by atoms with Gasteiger partial charge in [-0.3, -0.25) is 4.99 Å². The van der Waals surface area contributed by atoms with Gasteiger partial charge in [0.2, 0.25) is 10.0 Å². The highest BCUT2D eigenvalue weighted by molar-refractivity contribution is 7.99. The van der Waals surface area contributed by atoms with Crippen LogP contribution in [-0.4, -0.2) is 57.0 Å². The molecule has 0 bridgehead atoms. The van der Waals surface area contributed by atoms with Crippen LogP contribution in [0.15, 0.2) is 26.7 Å². The van der Waals surface area contributed by atoms with E-state index < -0.39 is 10.0 Å². The minimum absolute atomic E-state index is 0.253. The van der Waals surface area contributed by atoms with Crippen molar-refractivity contribution in [3.05, 3.63) is 17.5 Å². The smallest absolute Gasteiger partial charge is 0.250 e. The minimum Gasteiger partial charge on any atom is -0.370 e. The third-order valence-corrected chi connectivity index (χ3v) is 6.57. The van der Waals surface area contributed by atoms with Gasteiger partial charge in [0.25, 0.3) is 0 Å². The maximum Gasteiger partial charge on any atom is 0.250 e. The lowest BCUT2D eigenvalue weighted by atomic mass is 10.5. The van der Waals surface area contributed by atoms with Crippen molar-refractivity contribution in [1.29, 1.82) is 0 Å². The van der Waals surface area contributed by atoms with E-state index in [4.69, 9.17) is 5.73 Å². The zero-order valence-electron chi connectivity index (χ0n) is 11.0. The number of thioether (sulfide) groups is 1. The number of nitrogens with zero attached hydrogens (tertiary/aromatic N) is 2. The van der Waals surface area contributed by atoms with E-state index in [1.54, 1.807) is 17.5 Å². The van der Waals surface area contributed by atoms with Crippen LogP contribution in [0.4, 0.5) is 0 Å². The van der Waals surface area contributed by atoms with Gasteiger partial charge in [-0.15, -0.1) is 11.3 Å². The van der Waals surface area contributed by atoms with Crippen LogP contribution in [0.25, 0.3) is 0 Å². The molecule has 0 aliphatic carbocycles. The SMILES string of the molecule is NC(=NCCNS(=O)(=O)c1cccs1)N1CCSCC1. The second kappa shape index (κ2) is 7.30. The van der Waals surface area contributed by atoms with Crippen LogP contribution in [0.1, 0.15) is 0 Å². The summed E-state index contributed by atoms with van der Waals surface area (Å²) < 4.78 is 26.5. The van der Waals surface area contributed by atoms with Gasteiger partial charge in [0, 0.05) is 31.1 Å². The van der Waals surface area contributed by atoms with Crippen LogP contribution in [0.5, 0.6) is 0 Å². The Kier molecular flexibility index (Phi) is 5.70. The van der Waals surface area contributed by atoms with Crippen LogP contribution in [0.2, 0.25) is 0 Å². The molecule has 1 saturated heterocycles. The largest absolute Gasteiger partial charge is 0.370 e. The van der Waals surface area contributed by atoms with Gasteiger partial charge >= 0.3 is 0 Å². The molecular weight excluding hydrogens is 316 g/mol. The van der Waals surface area contributed by atoms with E-state index in [9.17, 15) is 8.42 Å². The highest BCUT2D eigenvalue weighted by atomic mass is 32.2. The number of thiophene rings is 1. The number of nitrogens with two attached hydrogens (primary N) is 1. The summed E-state index contributed by atoms with van der Waals surface area (Å²) in [6.07, 6.45) is 0. The summed E-state index contributed by atoms with van der Waals surface area (Å²) in [4.78, 5) is 6.25. The molecule has 2 heterocycles. The van der Waals surface area contributed by atoms with Crippen molar-refractivity contribution >= 4 is 39.1 Å². The highest BCUT2D eigenvalue weighted by Gasteiger charge is 2.14. The molecule has 0 saturated carbocycles. The van der Waals surface area contributed by atoms with Gasteiger partial charge in [0.15, 0.2) is 5.96 Å². The van der Waals surface area contributed by atoms with E-state index in [2.05, 4.69) is 9.71 Å². The normalized spacial score (nSPS) is 17.4. The van der Waals surface area contributed by atoms with Crippen molar-refractivity contribution in [2.75, 3.05) is 37.7 Å². The Morgan fingerprint density at radius 3 is 2.85 bits per heavy atom. The van der Waals surface area contributed by atoms with Crippen molar-refractivity contribution < 1.29 is 8.42 Å². The maximum atomic E-state index is 11.8. The van der Waals surface area contributed by atoms with E-state index in [1.165, 1.54) is 11.3 Å². The molecule has 112 valence electrons. The highest BCUT2D eigenvalue weighted by Crippen LogP contribution is 2.14. The Labute approximate surface area is 127 Å². The van der Waals surface area contributed by atoms with Gasteiger partial charge in [-0.05, 0) is 11.4 Å². The second-order valence-corrected chi connectivity index (χ2v) is 8.34. The molecule has 1 aromatic heterocycles. The summed E-state index contributed by atoms with van der Waals surface area (Å²) in [5.41, 5.74) is 5.88. The fourth-order valence-electron chi connectivity index (χ4n) is 1.73. The Morgan fingerprint density at radius 1 is 1.45 bits per heavy atom. The first-order valence-corrected chi connectivity index (χ1v) is 9.77. The van der Waals surface area contributed by atoms with Crippen molar-refractivity contribution in [2.45, 2.75) is 4.21 Å². The number of hydrogen-bond acceptors (Lipinski definition) is 5. The van der Waals surface area contributed by atoms with Crippen molar-refractivity contribution in [2.24, 2.45) is 10.7 Å². The molecular formula is C11H18N4O2S3. The van der Waals surface area contributed by atoms with Gasteiger partial charge in [0.05, 0.1) is 6.54 Å². The number of guanidine groups is 1. The summed E-state index contributed by atoms with van der Waals surface area (Å²) in [7, 11) is -3.40. The average Bonchev–Trinajstić information content (AvgIpc) is 2.99. The lowest BCUT2D eigenvalue weighted by Gasteiger charge is -2.27. The lowest BCUT2D eigenvalue weighted by molar-refractivity contribution is 0.456. The number of hydrogen-bond donors (Lipinski definition) is 2. The van der Waals surface area contributed by atoms with Gasteiger partial charge in [-0.25, -0.2) is 13.1 Å². The van der Waals surface area contributed by atoms with Gasteiger partial charge in [-0.2, -0.15) is 11.8 Å². The molecule has 1 aliphatic heterocycles. The molecule has 0 unspecified atom stereocenters. The van der Waals surface area contributed by atoms with Gasteiger partial charge in [0.1, 0.15) is 4.21 Å². The third-order valence-electron chi connectivity index (χ3n) is 2.77. The summed E-state index contributed by atoms with van der Waals surface area (Å²) >= 11 is 3.10. The molecule has 9 heteroatoms. The van der Waals surface area contributed by atoms with Crippen LogP contribution in [0.3, 0.4) is 0 Å². The number of sulfonamides is 1. The first kappa shape index (κ1) is 15.6. The monoisotopic (exact) mass is 334 g/mol. The first-order valence-electron chi connectivity index (χ1n) is 6.25. The molecule has 0 atom stereocenters. The molecule has 0 amide bonds. The fourth-order valence-corrected chi connectivity index (χ4v) is 4.69.